The number of alkyl halides is 4. The first-order valence-corrected chi connectivity index (χ1v) is 3.03. The lowest BCUT2D eigenvalue weighted by Crippen LogP contribution is -2.64. The van der Waals surface area contributed by atoms with E-state index in [1.807, 2.05) is 0 Å². The Balaban J connectivity index is 2.18. The highest BCUT2D eigenvalue weighted by Crippen LogP contribution is 2.25. The van der Waals surface area contributed by atoms with Crippen LogP contribution < -0.4 is 5.32 Å². The molecular weight excluding hydrogens is 166 g/mol. The zero-order valence-electron chi connectivity index (χ0n) is 5.49. The van der Waals surface area contributed by atoms with E-state index in [9.17, 15) is 17.6 Å². The fraction of sp³-hybridized carbons (Fsp3) is 1.00. The van der Waals surface area contributed by atoms with Crippen LogP contribution in [0.25, 0.3) is 0 Å². The third kappa shape index (κ3) is 2.03. The molecule has 2 nitrogen and oxygen atoms in total. The van der Waals surface area contributed by atoms with E-state index in [4.69, 9.17) is 0 Å². The monoisotopic (exact) mass is 173 g/mol. The van der Waals surface area contributed by atoms with Gasteiger partial charge in [-0.3, -0.25) is 0 Å². The lowest BCUT2D eigenvalue weighted by atomic mass is 10.0. The van der Waals surface area contributed by atoms with E-state index in [-0.39, 0.29) is 0 Å². The summed E-state index contributed by atoms with van der Waals surface area (Å²) in [4.78, 5) is 0. The predicted molar refractivity (Wildman–Crippen MR) is 28.7 cm³/mol. The molecule has 1 heterocycles. The van der Waals surface area contributed by atoms with Crippen LogP contribution in [0.1, 0.15) is 0 Å². The second-order valence-electron chi connectivity index (χ2n) is 2.29. The molecule has 11 heavy (non-hydrogen) atoms. The molecule has 0 aliphatic carbocycles. The van der Waals surface area contributed by atoms with Crippen molar-refractivity contribution in [2.24, 2.45) is 0 Å². The Hall–Kier alpha value is -0.360. The molecule has 1 atom stereocenters. The van der Waals surface area contributed by atoms with Crippen molar-refractivity contribution in [2.45, 2.75) is 18.6 Å². The Morgan fingerprint density at radius 2 is 2.18 bits per heavy atom. The fourth-order valence-corrected chi connectivity index (χ4v) is 0.751. The molecule has 1 aliphatic heterocycles. The van der Waals surface area contributed by atoms with E-state index in [0.717, 1.165) is 0 Å². The van der Waals surface area contributed by atoms with Crippen LogP contribution in [0.5, 0.6) is 0 Å². The van der Waals surface area contributed by atoms with Crippen molar-refractivity contribution in [2.75, 3.05) is 13.2 Å². The van der Waals surface area contributed by atoms with Gasteiger partial charge >= 0.3 is 6.61 Å². The van der Waals surface area contributed by atoms with Gasteiger partial charge in [-0.15, -0.1) is 0 Å². The van der Waals surface area contributed by atoms with Crippen LogP contribution in [-0.4, -0.2) is 31.7 Å². The summed E-state index contributed by atoms with van der Waals surface area (Å²) in [5.74, 6) is -2.89. The number of ether oxygens (including phenoxy) is 1. The summed E-state index contributed by atoms with van der Waals surface area (Å²) in [6.45, 7) is -4.08. The Kier molecular flexibility index (Phi) is 2.34. The molecule has 0 aromatic carbocycles. The Labute approximate surface area is 60.5 Å². The van der Waals surface area contributed by atoms with Gasteiger partial charge < -0.3 is 10.1 Å². The van der Waals surface area contributed by atoms with E-state index in [1.165, 1.54) is 0 Å². The lowest BCUT2D eigenvalue weighted by molar-refractivity contribution is -0.176. The van der Waals surface area contributed by atoms with E-state index in [0.29, 0.717) is 0 Å². The summed E-state index contributed by atoms with van der Waals surface area (Å²) >= 11 is 0. The largest absolute Gasteiger partial charge is 0.345 e. The molecule has 0 amide bonds. The second kappa shape index (κ2) is 2.94. The van der Waals surface area contributed by atoms with E-state index in [2.05, 4.69) is 10.1 Å². The Morgan fingerprint density at radius 3 is 2.45 bits per heavy atom. The molecule has 66 valence electrons. The first-order chi connectivity index (χ1) is 5.02. The van der Waals surface area contributed by atoms with Gasteiger partial charge in [0.1, 0.15) is 0 Å². The number of halogens is 4. The molecule has 6 heteroatoms. The minimum atomic E-state index is -2.98. The van der Waals surface area contributed by atoms with Gasteiger partial charge in [-0.2, -0.15) is 8.78 Å². The summed E-state index contributed by atoms with van der Waals surface area (Å²) in [6, 6.07) is -1.25. The standard InChI is InChI=1S/C5H7F4NO/c6-4(7)11-1-3-5(8,9)2-10-3/h3-4,10H,1-2H2/t3-/m0/s1. The first kappa shape index (κ1) is 8.73. The van der Waals surface area contributed by atoms with Gasteiger partial charge in [0, 0.05) is 0 Å². The van der Waals surface area contributed by atoms with Gasteiger partial charge in [0.2, 0.25) is 0 Å². The Morgan fingerprint density at radius 1 is 1.55 bits per heavy atom. The van der Waals surface area contributed by atoms with Crippen molar-refractivity contribution in [1.82, 2.24) is 5.32 Å². The summed E-state index contributed by atoms with van der Waals surface area (Å²) in [5.41, 5.74) is 0. The average Bonchev–Trinajstić information content (AvgIpc) is 1.85. The quantitative estimate of drug-likeness (QED) is 0.638. The van der Waals surface area contributed by atoms with Crippen LogP contribution in [0.3, 0.4) is 0 Å². The number of rotatable bonds is 3. The molecule has 0 saturated carbocycles. The molecule has 1 saturated heterocycles. The van der Waals surface area contributed by atoms with Gasteiger partial charge in [0.15, 0.2) is 0 Å². The van der Waals surface area contributed by atoms with Crippen molar-refractivity contribution < 1.29 is 22.3 Å². The smallest absolute Gasteiger partial charge is 0.321 e. The van der Waals surface area contributed by atoms with Crippen molar-refractivity contribution in [1.29, 1.82) is 0 Å². The minimum absolute atomic E-state index is 0.454. The molecule has 1 fully saturated rings. The van der Waals surface area contributed by atoms with Crippen molar-refractivity contribution >= 4 is 0 Å². The van der Waals surface area contributed by atoms with Crippen molar-refractivity contribution in [3.8, 4) is 0 Å². The maximum atomic E-state index is 12.3. The zero-order valence-corrected chi connectivity index (χ0v) is 5.49. The maximum Gasteiger partial charge on any atom is 0.345 e. The predicted octanol–water partition coefficient (Wildman–Crippen LogP) is 0.833. The summed E-state index contributed by atoms with van der Waals surface area (Å²) in [7, 11) is 0. The van der Waals surface area contributed by atoms with Crippen molar-refractivity contribution in [3.63, 3.8) is 0 Å². The highest BCUT2D eigenvalue weighted by molar-refractivity contribution is 4.95. The van der Waals surface area contributed by atoms with Gasteiger partial charge in [-0.1, -0.05) is 0 Å². The maximum absolute atomic E-state index is 12.3. The SMILES string of the molecule is FC(F)OC[C@@H]1NCC1(F)F. The highest BCUT2D eigenvalue weighted by atomic mass is 19.3. The van der Waals surface area contributed by atoms with Gasteiger partial charge in [0.05, 0.1) is 19.2 Å². The first-order valence-electron chi connectivity index (χ1n) is 3.03. The van der Waals surface area contributed by atoms with Gasteiger partial charge in [0.25, 0.3) is 5.92 Å². The van der Waals surface area contributed by atoms with Crippen LogP contribution in [-0.2, 0) is 4.74 Å². The van der Waals surface area contributed by atoms with E-state index >= 15 is 0 Å². The molecule has 1 N–H and O–H groups in total. The molecule has 0 bridgehead atoms. The summed E-state index contributed by atoms with van der Waals surface area (Å²) in [5, 5.41) is 2.28. The minimum Gasteiger partial charge on any atom is -0.321 e. The zero-order chi connectivity index (χ0) is 8.48. The topological polar surface area (TPSA) is 21.3 Å². The van der Waals surface area contributed by atoms with Crippen molar-refractivity contribution in [3.05, 3.63) is 0 Å². The van der Waals surface area contributed by atoms with Crippen LogP contribution in [0.15, 0.2) is 0 Å². The van der Waals surface area contributed by atoms with Crippen LogP contribution in [0.4, 0.5) is 17.6 Å². The molecule has 0 spiro atoms. The fourth-order valence-electron chi connectivity index (χ4n) is 0.751. The average molecular weight is 173 g/mol. The van der Waals surface area contributed by atoms with Crippen LogP contribution >= 0.6 is 0 Å². The molecule has 1 rings (SSSR count). The van der Waals surface area contributed by atoms with Crippen LogP contribution in [0, 0.1) is 0 Å². The molecule has 0 aromatic heterocycles. The normalized spacial score (nSPS) is 28.6. The highest BCUT2D eigenvalue weighted by Gasteiger charge is 2.48. The Bertz CT molecular complexity index is 140. The molecular formula is C5H7F4NO. The third-order valence-electron chi connectivity index (χ3n) is 1.48. The number of nitrogens with one attached hydrogen (secondary N) is 1. The summed E-state index contributed by atoms with van der Waals surface area (Å²) < 4.78 is 50.9. The van der Waals surface area contributed by atoms with E-state index in [1.54, 1.807) is 0 Å². The molecule has 1 aliphatic rings. The van der Waals surface area contributed by atoms with Crippen LogP contribution in [0.2, 0.25) is 0 Å². The van der Waals surface area contributed by atoms with E-state index < -0.39 is 31.7 Å². The second-order valence-corrected chi connectivity index (χ2v) is 2.29. The molecule has 0 radical (unpaired) electrons. The van der Waals surface area contributed by atoms with Gasteiger partial charge in [-0.25, -0.2) is 8.78 Å². The number of hydrogen-bond donors (Lipinski definition) is 1. The lowest BCUT2D eigenvalue weighted by Gasteiger charge is -2.37. The molecule has 0 unspecified atom stereocenters. The summed E-state index contributed by atoms with van der Waals surface area (Å²) in [6.07, 6.45) is 0. The number of hydrogen-bond acceptors (Lipinski definition) is 2. The van der Waals surface area contributed by atoms with Gasteiger partial charge in [-0.05, 0) is 0 Å². The molecule has 0 aromatic rings. The third-order valence-corrected chi connectivity index (χ3v) is 1.48.